The van der Waals surface area contributed by atoms with Crippen molar-refractivity contribution in [3.8, 4) is 0 Å². The highest BCUT2D eigenvalue weighted by Gasteiger charge is 2.31. The van der Waals surface area contributed by atoms with E-state index in [-0.39, 0.29) is 11.9 Å². The van der Waals surface area contributed by atoms with Crippen molar-refractivity contribution in [1.82, 2.24) is 20.2 Å². The molecule has 2 fully saturated rings. The van der Waals surface area contributed by atoms with E-state index < -0.39 is 0 Å². The first-order valence-electron chi connectivity index (χ1n) is 8.28. The van der Waals surface area contributed by atoms with E-state index in [1.165, 1.54) is 0 Å². The molecule has 0 radical (unpaired) electrons. The number of aryl methyl sites for hydroxylation is 2. The summed E-state index contributed by atoms with van der Waals surface area (Å²) in [7, 11) is 0. The highest BCUT2D eigenvalue weighted by Crippen LogP contribution is 2.16. The lowest BCUT2D eigenvalue weighted by atomic mass is 10.2. The van der Waals surface area contributed by atoms with Gasteiger partial charge in [-0.15, -0.1) is 0 Å². The van der Waals surface area contributed by atoms with Gasteiger partial charge in [0.25, 0.3) is 0 Å². The molecule has 1 unspecified atom stereocenters. The molecule has 0 spiro atoms. The number of hydrogen-bond donors (Lipinski definition) is 1. The van der Waals surface area contributed by atoms with E-state index in [1.54, 1.807) is 0 Å². The van der Waals surface area contributed by atoms with E-state index in [0.717, 1.165) is 62.6 Å². The lowest BCUT2D eigenvalue weighted by molar-refractivity contribution is -0.132. The Labute approximate surface area is 131 Å². The second-order valence-corrected chi connectivity index (χ2v) is 6.14. The molecule has 0 bridgehead atoms. The van der Waals surface area contributed by atoms with Crippen molar-refractivity contribution < 1.29 is 4.79 Å². The number of piperazine rings is 1. The first-order chi connectivity index (χ1) is 10.7. The van der Waals surface area contributed by atoms with Crippen LogP contribution in [0.3, 0.4) is 0 Å². The summed E-state index contributed by atoms with van der Waals surface area (Å²) in [5, 5.41) is 3.35. The summed E-state index contributed by atoms with van der Waals surface area (Å²) in [6.45, 7) is 8.24. The van der Waals surface area contributed by atoms with Crippen LogP contribution in [0.4, 0.5) is 5.95 Å². The molecule has 22 heavy (non-hydrogen) atoms. The average Bonchev–Trinajstić information content (AvgIpc) is 3.09. The van der Waals surface area contributed by atoms with Crippen molar-refractivity contribution in [2.75, 3.05) is 37.6 Å². The normalized spacial score (nSPS) is 22.2. The lowest BCUT2D eigenvalue weighted by Crippen LogP contribution is -2.58. The van der Waals surface area contributed by atoms with Crippen molar-refractivity contribution in [2.24, 2.45) is 0 Å². The predicted octanol–water partition coefficient (Wildman–Crippen LogP) is 0.748. The standard InChI is InChI=1S/C16H25N5O/c1-3-13-12(2)10-18-16(19-13)21-9-6-17-14(11-21)15(22)20-7-4-5-8-20/h10,14,17H,3-9,11H2,1-2H3. The van der Waals surface area contributed by atoms with E-state index in [2.05, 4.69) is 27.1 Å². The number of hydrogen-bond acceptors (Lipinski definition) is 5. The minimum absolute atomic E-state index is 0.137. The fourth-order valence-corrected chi connectivity index (χ4v) is 3.23. The molecule has 1 atom stereocenters. The maximum Gasteiger partial charge on any atom is 0.241 e. The number of amides is 1. The number of anilines is 1. The first kappa shape index (κ1) is 15.2. The predicted molar refractivity (Wildman–Crippen MR) is 86.0 cm³/mol. The van der Waals surface area contributed by atoms with Crippen LogP contribution in [-0.2, 0) is 11.2 Å². The zero-order chi connectivity index (χ0) is 15.5. The minimum atomic E-state index is -0.137. The molecule has 3 heterocycles. The van der Waals surface area contributed by atoms with Gasteiger partial charge in [0.2, 0.25) is 11.9 Å². The van der Waals surface area contributed by atoms with Crippen molar-refractivity contribution in [2.45, 2.75) is 39.2 Å². The number of likely N-dealkylation sites (tertiary alicyclic amines) is 1. The first-order valence-corrected chi connectivity index (χ1v) is 8.28. The Balaban J connectivity index is 1.71. The Bertz CT molecular complexity index is 541. The molecule has 0 saturated carbocycles. The Morgan fingerprint density at radius 3 is 2.86 bits per heavy atom. The van der Waals surface area contributed by atoms with Crippen LogP contribution in [0.25, 0.3) is 0 Å². The van der Waals surface area contributed by atoms with Gasteiger partial charge in [0.05, 0.1) is 0 Å². The number of rotatable bonds is 3. The summed E-state index contributed by atoms with van der Waals surface area (Å²) >= 11 is 0. The molecule has 2 saturated heterocycles. The van der Waals surface area contributed by atoms with Gasteiger partial charge in [-0.3, -0.25) is 4.79 Å². The van der Waals surface area contributed by atoms with E-state index in [4.69, 9.17) is 0 Å². The number of aromatic nitrogens is 2. The third-order valence-corrected chi connectivity index (χ3v) is 4.57. The SMILES string of the molecule is CCc1nc(N2CCNC(C(=O)N3CCCC3)C2)ncc1C. The molecule has 3 rings (SSSR count). The average molecular weight is 303 g/mol. The monoisotopic (exact) mass is 303 g/mol. The van der Waals surface area contributed by atoms with Crippen molar-refractivity contribution >= 4 is 11.9 Å². The maximum absolute atomic E-state index is 12.6. The summed E-state index contributed by atoms with van der Waals surface area (Å²) < 4.78 is 0. The zero-order valence-corrected chi connectivity index (χ0v) is 13.5. The van der Waals surface area contributed by atoms with Gasteiger partial charge in [-0.2, -0.15) is 0 Å². The molecule has 2 aliphatic heterocycles. The summed E-state index contributed by atoms with van der Waals surface area (Å²) in [6, 6.07) is -0.137. The topological polar surface area (TPSA) is 61.4 Å². The fraction of sp³-hybridized carbons (Fsp3) is 0.688. The molecule has 2 aliphatic rings. The van der Waals surface area contributed by atoms with Gasteiger partial charge in [0.15, 0.2) is 0 Å². The molecular weight excluding hydrogens is 278 g/mol. The molecule has 1 aromatic rings. The number of carbonyl (C=O) groups is 1. The highest BCUT2D eigenvalue weighted by molar-refractivity contribution is 5.83. The van der Waals surface area contributed by atoms with E-state index in [0.29, 0.717) is 6.54 Å². The summed E-state index contributed by atoms with van der Waals surface area (Å²) in [5.41, 5.74) is 2.22. The van der Waals surface area contributed by atoms with Crippen LogP contribution in [0.15, 0.2) is 6.20 Å². The Morgan fingerprint density at radius 1 is 1.36 bits per heavy atom. The molecule has 0 aromatic carbocycles. The molecule has 6 nitrogen and oxygen atoms in total. The van der Waals surface area contributed by atoms with Gasteiger partial charge in [-0.05, 0) is 31.7 Å². The summed E-state index contributed by atoms with van der Waals surface area (Å²) in [4.78, 5) is 25.8. The molecule has 1 amide bonds. The van der Waals surface area contributed by atoms with Gasteiger partial charge in [-0.1, -0.05) is 6.92 Å². The van der Waals surface area contributed by atoms with Gasteiger partial charge in [0.1, 0.15) is 6.04 Å². The van der Waals surface area contributed by atoms with Crippen LogP contribution in [0.1, 0.15) is 31.0 Å². The van der Waals surface area contributed by atoms with E-state index >= 15 is 0 Å². The van der Waals surface area contributed by atoms with Gasteiger partial charge in [-0.25, -0.2) is 9.97 Å². The van der Waals surface area contributed by atoms with Crippen LogP contribution >= 0.6 is 0 Å². The zero-order valence-electron chi connectivity index (χ0n) is 13.5. The van der Waals surface area contributed by atoms with E-state index in [1.807, 2.05) is 18.0 Å². The summed E-state index contributed by atoms with van der Waals surface area (Å²) in [5.74, 6) is 0.980. The van der Waals surface area contributed by atoms with Crippen LogP contribution in [-0.4, -0.2) is 59.5 Å². The second-order valence-electron chi connectivity index (χ2n) is 6.14. The van der Waals surface area contributed by atoms with Crippen LogP contribution in [0.5, 0.6) is 0 Å². The van der Waals surface area contributed by atoms with Gasteiger partial charge in [0, 0.05) is 44.6 Å². The van der Waals surface area contributed by atoms with Gasteiger partial charge >= 0.3 is 0 Å². The summed E-state index contributed by atoms with van der Waals surface area (Å²) in [6.07, 6.45) is 5.05. The number of nitrogens with one attached hydrogen (secondary N) is 1. The van der Waals surface area contributed by atoms with E-state index in [9.17, 15) is 4.79 Å². The minimum Gasteiger partial charge on any atom is -0.341 e. The maximum atomic E-state index is 12.6. The highest BCUT2D eigenvalue weighted by atomic mass is 16.2. The third kappa shape index (κ3) is 3.06. The largest absolute Gasteiger partial charge is 0.341 e. The molecule has 1 aromatic heterocycles. The van der Waals surface area contributed by atoms with Crippen molar-refractivity contribution in [3.63, 3.8) is 0 Å². The quantitative estimate of drug-likeness (QED) is 0.893. The third-order valence-electron chi connectivity index (χ3n) is 4.57. The van der Waals surface area contributed by atoms with Crippen molar-refractivity contribution in [3.05, 3.63) is 17.5 Å². The molecule has 1 N–H and O–H groups in total. The Morgan fingerprint density at radius 2 is 2.14 bits per heavy atom. The van der Waals surface area contributed by atoms with Crippen LogP contribution in [0.2, 0.25) is 0 Å². The molecule has 6 heteroatoms. The molecule has 0 aliphatic carbocycles. The lowest BCUT2D eigenvalue weighted by Gasteiger charge is -2.34. The number of nitrogens with zero attached hydrogens (tertiary/aromatic N) is 4. The molecular formula is C16H25N5O. The van der Waals surface area contributed by atoms with Crippen LogP contribution < -0.4 is 10.2 Å². The van der Waals surface area contributed by atoms with Gasteiger partial charge < -0.3 is 15.1 Å². The smallest absolute Gasteiger partial charge is 0.241 e. The Hall–Kier alpha value is -1.69. The van der Waals surface area contributed by atoms with Crippen LogP contribution in [0, 0.1) is 6.92 Å². The van der Waals surface area contributed by atoms with Crippen molar-refractivity contribution in [1.29, 1.82) is 0 Å². The second kappa shape index (κ2) is 6.60. The fourth-order valence-electron chi connectivity index (χ4n) is 3.23. The number of carbonyl (C=O) groups excluding carboxylic acids is 1. The Kier molecular flexibility index (Phi) is 4.57. The molecule has 120 valence electrons.